The number of rotatable bonds is 3. The summed E-state index contributed by atoms with van der Waals surface area (Å²) in [6.07, 6.45) is 1.11. The van der Waals surface area contributed by atoms with Gasteiger partial charge in [-0.1, -0.05) is 0 Å². The number of piperazine rings is 1. The highest BCUT2D eigenvalue weighted by Gasteiger charge is 2.33. The monoisotopic (exact) mass is 199 g/mol. The molecule has 1 atom stereocenters. The minimum Gasteiger partial charge on any atom is -0.378 e. The summed E-state index contributed by atoms with van der Waals surface area (Å²) in [5.74, 6) is 0. The first-order valence-corrected chi connectivity index (χ1v) is 5.53. The summed E-state index contributed by atoms with van der Waals surface area (Å²) in [6.45, 7) is 6.15. The Kier molecular flexibility index (Phi) is 3.38. The molecule has 2 heterocycles. The predicted molar refractivity (Wildman–Crippen MR) is 56.3 cm³/mol. The number of ether oxygens (including phenoxy) is 1. The molecule has 2 rings (SSSR count). The molecule has 0 aliphatic carbocycles. The van der Waals surface area contributed by atoms with Crippen LogP contribution in [-0.4, -0.2) is 68.3 Å². The molecular weight excluding hydrogens is 178 g/mol. The molecule has 0 aromatic rings. The summed E-state index contributed by atoms with van der Waals surface area (Å²) in [5, 5.41) is 0. The predicted octanol–water partition coefficient (Wildman–Crippen LogP) is -0.650. The first-order valence-electron chi connectivity index (χ1n) is 5.53. The highest BCUT2D eigenvalue weighted by Crippen LogP contribution is 2.19. The molecule has 0 spiro atoms. The van der Waals surface area contributed by atoms with Crippen LogP contribution >= 0.6 is 0 Å². The van der Waals surface area contributed by atoms with Gasteiger partial charge in [-0.25, -0.2) is 0 Å². The van der Waals surface area contributed by atoms with Crippen molar-refractivity contribution in [1.29, 1.82) is 0 Å². The van der Waals surface area contributed by atoms with Gasteiger partial charge in [0.15, 0.2) is 0 Å². The SMILES string of the molecule is CN1CCN(C2COC2)C(CCN)C1. The summed E-state index contributed by atoms with van der Waals surface area (Å²) in [7, 11) is 2.19. The third-order valence-electron chi connectivity index (χ3n) is 3.32. The Hall–Kier alpha value is -0.160. The minimum atomic E-state index is 0.646. The quantitative estimate of drug-likeness (QED) is 0.656. The Labute approximate surface area is 86.0 Å². The second-order valence-electron chi connectivity index (χ2n) is 4.42. The lowest BCUT2D eigenvalue weighted by atomic mass is 10.0. The van der Waals surface area contributed by atoms with E-state index in [-0.39, 0.29) is 0 Å². The third-order valence-corrected chi connectivity index (χ3v) is 3.32. The molecule has 2 aliphatic heterocycles. The molecule has 2 N–H and O–H groups in total. The molecule has 14 heavy (non-hydrogen) atoms. The summed E-state index contributed by atoms with van der Waals surface area (Å²) < 4.78 is 5.25. The van der Waals surface area contributed by atoms with Gasteiger partial charge in [-0.3, -0.25) is 4.90 Å². The van der Waals surface area contributed by atoms with E-state index >= 15 is 0 Å². The van der Waals surface area contributed by atoms with E-state index in [2.05, 4.69) is 16.8 Å². The van der Waals surface area contributed by atoms with Crippen LogP contribution in [-0.2, 0) is 4.74 Å². The maximum Gasteiger partial charge on any atom is 0.0645 e. The van der Waals surface area contributed by atoms with Crippen molar-refractivity contribution in [3.8, 4) is 0 Å². The molecule has 0 aromatic carbocycles. The van der Waals surface area contributed by atoms with E-state index in [0.717, 1.165) is 32.7 Å². The van der Waals surface area contributed by atoms with E-state index < -0.39 is 0 Å². The van der Waals surface area contributed by atoms with Crippen LogP contribution in [0.25, 0.3) is 0 Å². The van der Waals surface area contributed by atoms with E-state index in [1.807, 2.05) is 0 Å². The van der Waals surface area contributed by atoms with Gasteiger partial charge in [0.1, 0.15) is 0 Å². The van der Waals surface area contributed by atoms with Gasteiger partial charge in [-0.05, 0) is 20.0 Å². The Morgan fingerprint density at radius 2 is 2.14 bits per heavy atom. The van der Waals surface area contributed by atoms with Crippen LogP contribution in [0.5, 0.6) is 0 Å². The Balaban J connectivity index is 1.91. The first-order chi connectivity index (χ1) is 6.81. The molecule has 1 unspecified atom stereocenters. The lowest BCUT2D eigenvalue weighted by molar-refractivity contribution is -0.0950. The van der Waals surface area contributed by atoms with Crippen molar-refractivity contribution in [1.82, 2.24) is 9.80 Å². The van der Waals surface area contributed by atoms with Crippen LogP contribution in [0.15, 0.2) is 0 Å². The van der Waals surface area contributed by atoms with Crippen LogP contribution in [0.4, 0.5) is 0 Å². The number of hydrogen-bond donors (Lipinski definition) is 1. The number of likely N-dealkylation sites (N-methyl/N-ethyl adjacent to an activating group) is 1. The number of nitrogens with two attached hydrogens (primary N) is 1. The molecule has 2 aliphatic rings. The van der Waals surface area contributed by atoms with Crippen LogP contribution in [0.2, 0.25) is 0 Å². The standard InChI is InChI=1S/C10H21N3O/c1-12-4-5-13(10-7-14-8-10)9(6-12)2-3-11/h9-10H,2-8,11H2,1H3. The molecule has 0 amide bonds. The topological polar surface area (TPSA) is 41.7 Å². The van der Waals surface area contributed by atoms with Gasteiger partial charge < -0.3 is 15.4 Å². The zero-order valence-electron chi connectivity index (χ0n) is 8.98. The maximum absolute atomic E-state index is 5.65. The molecule has 2 fully saturated rings. The van der Waals surface area contributed by atoms with Crippen molar-refractivity contribution in [3.05, 3.63) is 0 Å². The fraction of sp³-hybridized carbons (Fsp3) is 1.00. The van der Waals surface area contributed by atoms with Gasteiger partial charge in [-0.15, -0.1) is 0 Å². The summed E-state index contributed by atoms with van der Waals surface area (Å²) in [4.78, 5) is 4.99. The van der Waals surface area contributed by atoms with Crippen LogP contribution < -0.4 is 5.73 Å². The summed E-state index contributed by atoms with van der Waals surface area (Å²) >= 11 is 0. The largest absolute Gasteiger partial charge is 0.378 e. The van der Waals surface area contributed by atoms with E-state index in [1.54, 1.807) is 0 Å². The Bertz CT molecular complexity index is 184. The molecule has 4 heteroatoms. The Morgan fingerprint density at radius 3 is 2.71 bits per heavy atom. The molecule has 2 saturated heterocycles. The zero-order valence-corrected chi connectivity index (χ0v) is 8.98. The highest BCUT2D eigenvalue weighted by atomic mass is 16.5. The molecule has 0 bridgehead atoms. The van der Waals surface area contributed by atoms with Crippen molar-refractivity contribution in [2.75, 3.05) is 46.4 Å². The maximum atomic E-state index is 5.65. The van der Waals surface area contributed by atoms with Gasteiger partial charge in [0, 0.05) is 25.7 Å². The molecule has 0 radical (unpaired) electrons. The van der Waals surface area contributed by atoms with Crippen LogP contribution in [0, 0.1) is 0 Å². The third kappa shape index (κ3) is 2.08. The smallest absolute Gasteiger partial charge is 0.0645 e. The van der Waals surface area contributed by atoms with Gasteiger partial charge in [0.2, 0.25) is 0 Å². The van der Waals surface area contributed by atoms with Crippen molar-refractivity contribution < 1.29 is 4.74 Å². The lowest BCUT2D eigenvalue weighted by Gasteiger charge is -2.47. The Morgan fingerprint density at radius 1 is 1.36 bits per heavy atom. The lowest BCUT2D eigenvalue weighted by Crippen LogP contribution is -2.61. The second-order valence-corrected chi connectivity index (χ2v) is 4.42. The van der Waals surface area contributed by atoms with E-state index in [9.17, 15) is 0 Å². The number of hydrogen-bond acceptors (Lipinski definition) is 4. The van der Waals surface area contributed by atoms with E-state index in [0.29, 0.717) is 12.1 Å². The fourth-order valence-electron chi connectivity index (χ4n) is 2.37. The highest BCUT2D eigenvalue weighted by molar-refractivity contribution is 4.88. The van der Waals surface area contributed by atoms with Gasteiger partial charge in [0.25, 0.3) is 0 Å². The zero-order chi connectivity index (χ0) is 9.97. The number of nitrogens with zero attached hydrogens (tertiary/aromatic N) is 2. The van der Waals surface area contributed by atoms with Crippen molar-refractivity contribution >= 4 is 0 Å². The van der Waals surface area contributed by atoms with Gasteiger partial charge in [0.05, 0.1) is 19.3 Å². The average Bonchev–Trinajstić information content (AvgIpc) is 2.07. The molecule has 4 nitrogen and oxygen atoms in total. The molecular formula is C10H21N3O. The van der Waals surface area contributed by atoms with Crippen LogP contribution in [0.3, 0.4) is 0 Å². The van der Waals surface area contributed by atoms with E-state index in [4.69, 9.17) is 10.5 Å². The first kappa shape index (κ1) is 10.4. The minimum absolute atomic E-state index is 0.646. The summed E-state index contributed by atoms with van der Waals surface area (Å²) in [6, 6.07) is 1.31. The van der Waals surface area contributed by atoms with Gasteiger partial charge >= 0.3 is 0 Å². The van der Waals surface area contributed by atoms with Crippen molar-refractivity contribution in [2.24, 2.45) is 5.73 Å². The second kappa shape index (κ2) is 4.57. The van der Waals surface area contributed by atoms with Crippen molar-refractivity contribution in [2.45, 2.75) is 18.5 Å². The molecule has 0 aromatic heterocycles. The molecule has 0 saturated carbocycles. The molecule has 82 valence electrons. The average molecular weight is 199 g/mol. The van der Waals surface area contributed by atoms with E-state index in [1.165, 1.54) is 13.1 Å². The van der Waals surface area contributed by atoms with Crippen LogP contribution in [0.1, 0.15) is 6.42 Å². The normalized spacial score (nSPS) is 31.7. The van der Waals surface area contributed by atoms with Gasteiger partial charge in [-0.2, -0.15) is 0 Å². The fourth-order valence-corrected chi connectivity index (χ4v) is 2.37. The van der Waals surface area contributed by atoms with Crippen molar-refractivity contribution in [3.63, 3.8) is 0 Å². The summed E-state index contributed by atoms with van der Waals surface area (Å²) in [5.41, 5.74) is 5.65.